The van der Waals surface area contributed by atoms with Gasteiger partial charge in [0.15, 0.2) is 0 Å². The zero-order chi connectivity index (χ0) is 16.7. The molecule has 7 nitrogen and oxygen atoms in total. The van der Waals surface area contributed by atoms with Gasteiger partial charge in [-0.05, 0) is 31.2 Å². The summed E-state index contributed by atoms with van der Waals surface area (Å²) in [5, 5.41) is 3.67. The molecule has 23 heavy (non-hydrogen) atoms. The fraction of sp³-hybridized carbons (Fsp3) is 0.188. The minimum absolute atomic E-state index is 0.334. The normalized spacial score (nSPS) is 10.5. The highest BCUT2D eigenvalue weighted by atomic mass is 16.5. The third-order valence-electron chi connectivity index (χ3n) is 2.84. The van der Waals surface area contributed by atoms with Gasteiger partial charge in [0.2, 0.25) is 0 Å². The molecule has 0 spiro atoms. The zero-order valence-electron chi connectivity index (χ0n) is 12.7. The van der Waals surface area contributed by atoms with Crippen LogP contribution in [-0.2, 0) is 9.47 Å². The number of nitrogens with one attached hydrogen (secondary N) is 1. The van der Waals surface area contributed by atoms with Crippen molar-refractivity contribution >= 4 is 18.3 Å². The summed E-state index contributed by atoms with van der Waals surface area (Å²) in [5.41, 5.74) is 3.44. The van der Waals surface area contributed by atoms with E-state index in [-0.39, 0.29) is 5.97 Å². The van der Waals surface area contributed by atoms with Crippen molar-refractivity contribution in [2.45, 2.75) is 6.92 Å². The van der Waals surface area contributed by atoms with E-state index < -0.39 is 6.09 Å². The van der Waals surface area contributed by atoms with E-state index in [2.05, 4.69) is 15.3 Å². The zero-order valence-corrected chi connectivity index (χ0v) is 12.7. The van der Waals surface area contributed by atoms with Gasteiger partial charge in [0.25, 0.3) is 0 Å². The van der Waals surface area contributed by atoms with Crippen molar-refractivity contribution in [3.63, 3.8) is 0 Å². The Bertz CT molecular complexity index is 704. The Balaban J connectivity index is 2.05. The second-order valence-corrected chi connectivity index (χ2v) is 4.36. The second-order valence-electron chi connectivity index (χ2n) is 4.36. The maximum absolute atomic E-state index is 11.6. The number of furan rings is 1. The highest BCUT2D eigenvalue weighted by molar-refractivity contribution is 5.90. The summed E-state index contributed by atoms with van der Waals surface area (Å²) in [7, 11) is 1.25. The topological polar surface area (TPSA) is 90.1 Å². The van der Waals surface area contributed by atoms with E-state index in [1.54, 1.807) is 43.3 Å². The number of carbonyl (C=O) groups excluding carboxylic acids is 2. The van der Waals surface area contributed by atoms with Crippen LogP contribution in [0.3, 0.4) is 0 Å². The van der Waals surface area contributed by atoms with E-state index in [9.17, 15) is 9.59 Å². The summed E-state index contributed by atoms with van der Waals surface area (Å²) in [6, 6.07) is 10.3. The van der Waals surface area contributed by atoms with Gasteiger partial charge in [-0.3, -0.25) is 0 Å². The fourth-order valence-electron chi connectivity index (χ4n) is 1.76. The van der Waals surface area contributed by atoms with E-state index in [0.29, 0.717) is 23.7 Å². The molecular weight excluding hydrogens is 300 g/mol. The molecule has 120 valence electrons. The summed E-state index contributed by atoms with van der Waals surface area (Å²) in [6.45, 7) is 2.09. The highest BCUT2D eigenvalue weighted by Crippen LogP contribution is 2.22. The van der Waals surface area contributed by atoms with E-state index in [0.717, 1.165) is 5.56 Å². The lowest BCUT2D eigenvalue weighted by Gasteiger charge is -2.02. The van der Waals surface area contributed by atoms with E-state index >= 15 is 0 Å². The van der Waals surface area contributed by atoms with Crippen LogP contribution in [0.4, 0.5) is 4.79 Å². The Kier molecular flexibility index (Phi) is 5.51. The predicted octanol–water partition coefficient (Wildman–Crippen LogP) is 2.81. The van der Waals surface area contributed by atoms with Gasteiger partial charge in [-0.15, -0.1) is 0 Å². The summed E-state index contributed by atoms with van der Waals surface area (Å²) >= 11 is 0. The molecule has 0 radical (unpaired) electrons. The molecule has 2 rings (SSSR count). The number of hydrogen-bond acceptors (Lipinski definition) is 6. The number of methoxy groups -OCH3 is 1. The smallest absolute Gasteiger partial charge is 0.427 e. The van der Waals surface area contributed by atoms with Gasteiger partial charge >= 0.3 is 12.1 Å². The predicted molar refractivity (Wildman–Crippen MR) is 83.2 cm³/mol. The molecule has 0 aliphatic heterocycles. The second kappa shape index (κ2) is 7.79. The first-order valence-corrected chi connectivity index (χ1v) is 6.88. The van der Waals surface area contributed by atoms with Crippen molar-refractivity contribution in [2.75, 3.05) is 13.7 Å². The van der Waals surface area contributed by atoms with Gasteiger partial charge in [-0.2, -0.15) is 5.10 Å². The molecule has 0 aliphatic carbocycles. The lowest BCUT2D eigenvalue weighted by molar-refractivity contribution is 0.0526. The Hall–Kier alpha value is -3.09. The number of hydrogen-bond donors (Lipinski definition) is 1. The molecule has 0 atom stereocenters. The minimum atomic E-state index is -0.664. The van der Waals surface area contributed by atoms with Gasteiger partial charge in [-0.1, -0.05) is 12.1 Å². The van der Waals surface area contributed by atoms with Crippen LogP contribution in [0.5, 0.6) is 0 Å². The van der Waals surface area contributed by atoms with Gasteiger partial charge in [-0.25, -0.2) is 15.0 Å². The Labute approximate surface area is 132 Å². The molecule has 1 N–H and O–H groups in total. The van der Waals surface area contributed by atoms with Crippen molar-refractivity contribution in [1.82, 2.24) is 5.43 Å². The molecule has 1 amide bonds. The highest BCUT2D eigenvalue weighted by Gasteiger charge is 2.08. The van der Waals surface area contributed by atoms with Crippen LogP contribution in [0.2, 0.25) is 0 Å². The van der Waals surface area contributed by atoms with Crippen molar-refractivity contribution in [2.24, 2.45) is 5.10 Å². The first kappa shape index (κ1) is 16.3. The molecule has 0 bridgehead atoms. The van der Waals surface area contributed by atoms with Crippen molar-refractivity contribution in [3.05, 3.63) is 47.7 Å². The van der Waals surface area contributed by atoms with Crippen LogP contribution < -0.4 is 5.43 Å². The summed E-state index contributed by atoms with van der Waals surface area (Å²) < 4.78 is 14.9. The van der Waals surface area contributed by atoms with Gasteiger partial charge in [0.05, 0.1) is 25.5 Å². The number of hydrazone groups is 1. The molecule has 0 fully saturated rings. The monoisotopic (exact) mass is 316 g/mol. The van der Waals surface area contributed by atoms with Gasteiger partial charge < -0.3 is 13.9 Å². The summed E-state index contributed by atoms with van der Waals surface area (Å²) in [5.74, 6) is 0.714. The largest absolute Gasteiger partial charge is 0.462 e. The number of esters is 1. The molecule has 2 aromatic rings. The van der Waals surface area contributed by atoms with Crippen LogP contribution in [0.25, 0.3) is 11.3 Å². The first-order chi connectivity index (χ1) is 11.1. The minimum Gasteiger partial charge on any atom is -0.462 e. The average Bonchev–Trinajstić information content (AvgIpc) is 3.04. The number of amides is 1. The number of rotatable bonds is 5. The third-order valence-corrected chi connectivity index (χ3v) is 2.84. The van der Waals surface area contributed by atoms with E-state index in [1.165, 1.54) is 13.3 Å². The number of nitrogens with zero attached hydrogens (tertiary/aromatic N) is 1. The Morgan fingerprint density at radius 2 is 1.96 bits per heavy atom. The molecule has 1 aromatic carbocycles. The quantitative estimate of drug-likeness (QED) is 0.520. The summed E-state index contributed by atoms with van der Waals surface area (Å²) in [6.07, 6.45) is 0.690. The van der Waals surface area contributed by atoms with Crippen molar-refractivity contribution < 1.29 is 23.5 Å². The number of carbonyl (C=O) groups is 2. The maximum Gasteiger partial charge on any atom is 0.427 e. The van der Waals surface area contributed by atoms with Crippen LogP contribution in [0, 0.1) is 0 Å². The van der Waals surface area contributed by atoms with Crippen molar-refractivity contribution in [3.8, 4) is 11.3 Å². The SMILES string of the molecule is CCOC(=O)c1ccc(-c2ccc(/C=N\NC(=O)OC)o2)cc1. The molecule has 0 aliphatic rings. The number of ether oxygens (including phenoxy) is 2. The summed E-state index contributed by atoms with van der Waals surface area (Å²) in [4.78, 5) is 22.4. The van der Waals surface area contributed by atoms with Crippen LogP contribution in [0.1, 0.15) is 23.0 Å². The molecular formula is C16H16N2O5. The molecule has 0 saturated carbocycles. The first-order valence-electron chi connectivity index (χ1n) is 6.88. The van der Waals surface area contributed by atoms with Gasteiger partial charge in [0.1, 0.15) is 11.5 Å². The standard InChI is InChI=1S/C16H16N2O5/c1-3-22-15(19)12-6-4-11(5-7-12)14-9-8-13(23-14)10-17-18-16(20)21-2/h4-10H,3H2,1-2H3,(H,18,20)/b17-10-. The molecule has 7 heteroatoms. The molecule has 1 aromatic heterocycles. The molecule has 0 unspecified atom stereocenters. The molecule has 1 heterocycles. The lowest BCUT2D eigenvalue weighted by Crippen LogP contribution is -2.16. The fourth-order valence-corrected chi connectivity index (χ4v) is 1.76. The third kappa shape index (κ3) is 4.44. The van der Waals surface area contributed by atoms with Crippen LogP contribution in [0.15, 0.2) is 45.9 Å². The maximum atomic E-state index is 11.6. The Morgan fingerprint density at radius 1 is 1.22 bits per heavy atom. The number of benzene rings is 1. The molecule has 0 saturated heterocycles. The van der Waals surface area contributed by atoms with Crippen molar-refractivity contribution in [1.29, 1.82) is 0 Å². The van der Waals surface area contributed by atoms with Crippen LogP contribution in [-0.4, -0.2) is 32.0 Å². The van der Waals surface area contributed by atoms with E-state index in [4.69, 9.17) is 9.15 Å². The van der Waals surface area contributed by atoms with Crippen LogP contribution >= 0.6 is 0 Å². The van der Waals surface area contributed by atoms with Gasteiger partial charge in [0, 0.05) is 5.56 Å². The average molecular weight is 316 g/mol. The Morgan fingerprint density at radius 3 is 2.61 bits per heavy atom. The van der Waals surface area contributed by atoms with E-state index in [1.807, 2.05) is 0 Å². The lowest BCUT2D eigenvalue weighted by atomic mass is 10.1.